The third kappa shape index (κ3) is 5.01. The van der Waals surface area contributed by atoms with Gasteiger partial charge in [0.25, 0.3) is 0 Å². The van der Waals surface area contributed by atoms with Crippen LogP contribution in [0.5, 0.6) is 0 Å². The predicted molar refractivity (Wildman–Crippen MR) is 132 cm³/mol. The number of aliphatic hydroxyl groups excluding tert-OH is 4. The van der Waals surface area contributed by atoms with Gasteiger partial charge in [-0.1, -0.05) is 30.3 Å². The van der Waals surface area contributed by atoms with Crippen molar-refractivity contribution in [3.05, 3.63) is 69.8 Å². The Kier molecular flexibility index (Phi) is 7.32. The Morgan fingerprint density at radius 2 is 1.76 bits per heavy atom. The van der Waals surface area contributed by atoms with Crippen molar-refractivity contribution in [2.24, 2.45) is 0 Å². The van der Waals surface area contributed by atoms with Crippen molar-refractivity contribution in [1.29, 1.82) is 5.26 Å². The number of carboxylic acid groups (broad SMARTS) is 1. The van der Waals surface area contributed by atoms with Crippen LogP contribution >= 0.6 is 0 Å². The van der Waals surface area contributed by atoms with Crippen molar-refractivity contribution in [3.8, 4) is 6.07 Å². The molecule has 2 aliphatic heterocycles. The van der Waals surface area contributed by atoms with Crippen LogP contribution in [-0.2, 0) is 16.0 Å². The Balaban J connectivity index is 1.51. The van der Waals surface area contributed by atoms with Gasteiger partial charge in [0.1, 0.15) is 36.6 Å². The zero-order valence-electron chi connectivity index (χ0n) is 20.3. The molecular formula is C28H32N2O7. The van der Waals surface area contributed by atoms with Crippen LogP contribution in [0.3, 0.4) is 0 Å². The van der Waals surface area contributed by atoms with Crippen LogP contribution in [0.2, 0.25) is 0 Å². The summed E-state index contributed by atoms with van der Waals surface area (Å²) in [6, 6.07) is 12.8. The van der Waals surface area contributed by atoms with Crippen LogP contribution in [0, 0.1) is 11.3 Å². The molecule has 6 N–H and O–H groups in total. The number of aliphatic hydroxyl groups is 4. The van der Waals surface area contributed by atoms with Gasteiger partial charge in [0.05, 0.1) is 18.2 Å². The number of aliphatic carboxylic acids is 1. The van der Waals surface area contributed by atoms with Crippen molar-refractivity contribution >= 4 is 5.97 Å². The van der Waals surface area contributed by atoms with E-state index in [0.717, 1.165) is 24.0 Å². The highest BCUT2D eigenvalue weighted by molar-refractivity contribution is 5.75. The highest BCUT2D eigenvalue weighted by Gasteiger charge is 2.44. The van der Waals surface area contributed by atoms with Crippen LogP contribution in [0.1, 0.15) is 70.6 Å². The molecule has 0 radical (unpaired) electrons. The molecule has 1 unspecified atom stereocenters. The average Bonchev–Trinajstić information content (AvgIpc) is 3.63. The smallest absolute Gasteiger partial charge is 0.321 e. The van der Waals surface area contributed by atoms with Crippen molar-refractivity contribution < 1.29 is 35.1 Å². The van der Waals surface area contributed by atoms with Gasteiger partial charge in [-0.25, -0.2) is 0 Å². The third-order valence-electron chi connectivity index (χ3n) is 7.96. The molecule has 2 aromatic rings. The molecule has 0 aromatic heterocycles. The number of ether oxygens (including phenoxy) is 1. The molecular weight excluding hydrogens is 476 g/mol. The summed E-state index contributed by atoms with van der Waals surface area (Å²) in [4.78, 5) is 11.9. The normalized spacial score (nSPS) is 31.7. The Bertz CT molecular complexity index is 1210. The van der Waals surface area contributed by atoms with Gasteiger partial charge >= 0.3 is 5.97 Å². The van der Waals surface area contributed by atoms with E-state index in [0.29, 0.717) is 42.0 Å². The summed E-state index contributed by atoms with van der Waals surface area (Å²) >= 11 is 0. The molecule has 3 fully saturated rings. The second-order valence-electron chi connectivity index (χ2n) is 10.4. The molecule has 5 rings (SSSR count). The van der Waals surface area contributed by atoms with Gasteiger partial charge in [-0.2, -0.15) is 5.26 Å². The molecule has 2 heterocycles. The Morgan fingerprint density at radius 3 is 2.43 bits per heavy atom. The number of hydrogen-bond acceptors (Lipinski definition) is 8. The minimum atomic E-state index is -1.50. The molecule has 1 saturated carbocycles. The lowest BCUT2D eigenvalue weighted by Gasteiger charge is -2.40. The third-order valence-corrected chi connectivity index (χ3v) is 7.96. The van der Waals surface area contributed by atoms with Gasteiger partial charge in [0.2, 0.25) is 0 Å². The summed E-state index contributed by atoms with van der Waals surface area (Å²) in [7, 11) is 0. The first-order valence-electron chi connectivity index (χ1n) is 12.7. The molecule has 9 nitrogen and oxygen atoms in total. The number of rotatable bonds is 7. The summed E-state index contributed by atoms with van der Waals surface area (Å²) in [6.45, 7) is 0.0895. The lowest BCUT2D eigenvalue weighted by Crippen LogP contribution is -2.55. The van der Waals surface area contributed by atoms with E-state index in [-0.39, 0.29) is 5.92 Å². The van der Waals surface area contributed by atoms with E-state index in [1.165, 1.54) is 5.56 Å². The Labute approximate surface area is 214 Å². The molecule has 196 valence electrons. The quantitative estimate of drug-likeness (QED) is 0.321. The summed E-state index contributed by atoms with van der Waals surface area (Å²) < 4.78 is 5.72. The first-order valence-corrected chi connectivity index (χ1v) is 12.7. The van der Waals surface area contributed by atoms with E-state index in [9.17, 15) is 35.6 Å². The topological polar surface area (TPSA) is 163 Å². The first kappa shape index (κ1) is 25.8. The number of benzene rings is 2. The SMILES string of the molecule is N#Cc1ccc([C@@H]2O[C@H](CO)[C@@H](O)[C@H](O)[C@H]2O)cc1Cc1ccc(C2CC2)cc1C1CCN[C@@H]1C(=O)O. The van der Waals surface area contributed by atoms with Crippen LogP contribution in [-0.4, -0.2) is 75.1 Å². The number of carbonyl (C=O) groups is 1. The van der Waals surface area contributed by atoms with E-state index in [4.69, 9.17) is 4.74 Å². The number of hydrogen-bond donors (Lipinski definition) is 6. The maximum absolute atomic E-state index is 11.9. The minimum Gasteiger partial charge on any atom is -0.480 e. The van der Waals surface area contributed by atoms with Gasteiger partial charge in [-0.15, -0.1) is 0 Å². The fourth-order valence-electron chi connectivity index (χ4n) is 5.72. The van der Waals surface area contributed by atoms with Crippen LogP contribution in [0.15, 0.2) is 36.4 Å². The molecule has 7 atom stereocenters. The highest BCUT2D eigenvalue weighted by atomic mass is 16.5. The van der Waals surface area contributed by atoms with E-state index in [1.807, 2.05) is 6.07 Å². The van der Waals surface area contributed by atoms with Crippen molar-refractivity contribution in [3.63, 3.8) is 0 Å². The van der Waals surface area contributed by atoms with Crippen LogP contribution in [0.4, 0.5) is 0 Å². The molecule has 0 amide bonds. The van der Waals surface area contributed by atoms with Crippen LogP contribution in [0.25, 0.3) is 0 Å². The minimum absolute atomic E-state index is 0.189. The van der Waals surface area contributed by atoms with Gasteiger partial charge in [0.15, 0.2) is 0 Å². The zero-order valence-corrected chi connectivity index (χ0v) is 20.3. The molecule has 3 aliphatic rings. The molecule has 0 bridgehead atoms. The van der Waals surface area contributed by atoms with Crippen LogP contribution < -0.4 is 5.32 Å². The summed E-state index contributed by atoms with van der Waals surface area (Å²) in [5, 5.41) is 63.2. The number of carboxylic acids is 1. The Morgan fingerprint density at radius 1 is 1.00 bits per heavy atom. The largest absolute Gasteiger partial charge is 0.480 e. The lowest BCUT2D eigenvalue weighted by molar-refractivity contribution is -0.231. The van der Waals surface area contributed by atoms with E-state index >= 15 is 0 Å². The summed E-state index contributed by atoms with van der Waals surface area (Å²) in [5.41, 5.74) is 4.74. The first-order chi connectivity index (χ1) is 17.8. The van der Waals surface area contributed by atoms with Crippen molar-refractivity contribution in [2.75, 3.05) is 13.2 Å². The Hall–Kier alpha value is -2.84. The van der Waals surface area contributed by atoms with E-state index in [2.05, 4.69) is 23.5 Å². The zero-order chi connectivity index (χ0) is 26.3. The number of nitrogens with one attached hydrogen (secondary N) is 1. The summed E-state index contributed by atoms with van der Waals surface area (Å²) in [6.07, 6.45) is -3.09. The standard InChI is InChI=1S/C28H32N2O7/c29-12-18-6-5-17(27-26(34)25(33)24(32)22(13-31)37-27)10-19(18)9-16-4-3-15(14-1-2-14)11-21(16)20-7-8-30-23(20)28(35)36/h3-6,10-11,14,20,22-27,30-34H,1-2,7-9,13H2,(H,35,36)/t20?,22-,23+,24-,25+,26-,27+/m1/s1. The fraction of sp³-hybridized carbons (Fsp3) is 0.500. The maximum atomic E-state index is 11.9. The number of nitriles is 1. The predicted octanol–water partition coefficient (Wildman–Crippen LogP) is 1.07. The molecule has 9 heteroatoms. The van der Waals surface area contributed by atoms with E-state index in [1.54, 1.807) is 18.2 Å². The average molecular weight is 509 g/mol. The van der Waals surface area contributed by atoms with Gasteiger partial charge in [-0.3, -0.25) is 4.79 Å². The lowest BCUT2D eigenvalue weighted by atomic mass is 9.83. The molecule has 37 heavy (non-hydrogen) atoms. The molecule has 1 aliphatic carbocycles. The summed E-state index contributed by atoms with van der Waals surface area (Å²) in [5.74, 6) is -0.562. The second-order valence-corrected chi connectivity index (χ2v) is 10.4. The number of nitrogens with zero attached hydrogens (tertiary/aromatic N) is 1. The molecule has 2 aromatic carbocycles. The van der Waals surface area contributed by atoms with E-state index < -0.39 is 49.1 Å². The van der Waals surface area contributed by atoms with Crippen molar-refractivity contribution in [2.45, 2.75) is 74.1 Å². The fourth-order valence-corrected chi connectivity index (χ4v) is 5.72. The monoisotopic (exact) mass is 508 g/mol. The van der Waals surface area contributed by atoms with Gasteiger partial charge in [-0.05, 0) is 72.0 Å². The van der Waals surface area contributed by atoms with Gasteiger partial charge in [0, 0.05) is 5.92 Å². The molecule has 2 saturated heterocycles. The second kappa shape index (κ2) is 10.5. The highest BCUT2D eigenvalue weighted by Crippen LogP contribution is 2.43. The maximum Gasteiger partial charge on any atom is 0.321 e. The van der Waals surface area contributed by atoms with Gasteiger partial charge < -0.3 is 35.6 Å². The molecule has 0 spiro atoms. The van der Waals surface area contributed by atoms with Crippen molar-refractivity contribution in [1.82, 2.24) is 5.32 Å².